The maximum atomic E-state index is 11.5. The lowest BCUT2D eigenvalue weighted by Crippen LogP contribution is -2.31. The summed E-state index contributed by atoms with van der Waals surface area (Å²) in [5.41, 5.74) is 4.45. The molecule has 0 aliphatic heterocycles. The maximum absolute atomic E-state index is 11.5. The molecule has 0 aliphatic carbocycles. The fraction of sp³-hybridized carbons (Fsp3) is 0.200. The average molecular weight is 349 g/mol. The van der Waals surface area contributed by atoms with Gasteiger partial charge in [-0.25, -0.2) is 10.8 Å². The molecule has 0 atom stereocenters. The molecule has 110 valence electrons. The largest absolute Gasteiger partial charge is 0.296 e. The Morgan fingerprint density at radius 1 is 1.29 bits per heavy atom. The van der Waals surface area contributed by atoms with Crippen LogP contribution in [0.15, 0.2) is 46.9 Å². The van der Waals surface area contributed by atoms with Crippen molar-refractivity contribution in [1.29, 1.82) is 0 Å². The topological polar surface area (TPSA) is 71.2 Å². The third-order valence-electron chi connectivity index (χ3n) is 2.94. The van der Waals surface area contributed by atoms with Gasteiger partial charge >= 0.3 is 0 Å². The Bertz CT molecular complexity index is 633. The fourth-order valence-corrected chi connectivity index (χ4v) is 2.49. The molecule has 1 aromatic heterocycles. The van der Waals surface area contributed by atoms with E-state index in [1.54, 1.807) is 12.1 Å². The van der Waals surface area contributed by atoms with Crippen molar-refractivity contribution in [3.8, 4) is 0 Å². The van der Waals surface area contributed by atoms with E-state index in [0.717, 1.165) is 16.7 Å². The molecule has 3 N–H and O–H groups in total. The standard InChI is InChI=1S/C15H17BrN4O/c1-20(9-11-4-2-5-12(16)8-11)10-13-6-3-7-14(18-13)15(21)19-17/h2-8H,9-10,17H2,1H3,(H,19,21). The number of rotatable bonds is 5. The van der Waals surface area contributed by atoms with E-state index in [-0.39, 0.29) is 5.91 Å². The van der Waals surface area contributed by atoms with E-state index in [9.17, 15) is 4.79 Å². The molecular formula is C15H17BrN4O. The third-order valence-corrected chi connectivity index (χ3v) is 3.44. The number of pyridine rings is 1. The highest BCUT2D eigenvalue weighted by Crippen LogP contribution is 2.14. The van der Waals surface area contributed by atoms with Crippen molar-refractivity contribution in [2.45, 2.75) is 13.1 Å². The summed E-state index contributed by atoms with van der Waals surface area (Å²) in [5.74, 6) is 4.73. The number of carbonyl (C=O) groups is 1. The van der Waals surface area contributed by atoms with E-state index < -0.39 is 0 Å². The molecule has 0 spiro atoms. The highest BCUT2D eigenvalue weighted by Gasteiger charge is 2.08. The van der Waals surface area contributed by atoms with Crippen LogP contribution in [0.1, 0.15) is 21.7 Å². The van der Waals surface area contributed by atoms with E-state index in [1.807, 2.05) is 25.2 Å². The van der Waals surface area contributed by atoms with Gasteiger partial charge in [-0.1, -0.05) is 34.1 Å². The zero-order valence-electron chi connectivity index (χ0n) is 11.7. The number of hydrogen-bond acceptors (Lipinski definition) is 4. The van der Waals surface area contributed by atoms with Gasteiger partial charge < -0.3 is 0 Å². The molecule has 6 heteroatoms. The average Bonchev–Trinajstić information content (AvgIpc) is 2.46. The van der Waals surface area contributed by atoms with Crippen molar-refractivity contribution in [2.75, 3.05) is 7.05 Å². The lowest BCUT2D eigenvalue weighted by molar-refractivity contribution is 0.0948. The number of amides is 1. The van der Waals surface area contributed by atoms with Gasteiger partial charge in [0, 0.05) is 17.6 Å². The Labute approximate surface area is 132 Å². The van der Waals surface area contributed by atoms with Crippen molar-refractivity contribution >= 4 is 21.8 Å². The highest BCUT2D eigenvalue weighted by molar-refractivity contribution is 9.10. The van der Waals surface area contributed by atoms with Crippen molar-refractivity contribution in [2.24, 2.45) is 5.84 Å². The van der Waals surface area contributed by atoms with E-state index in [0.29, 0.717) is 12.2 Å². The van der Waals surface area contributed by atoms with Gasteiger partial charge in [0.25, 0.3) is 5.91 Å². The van der Waals surface area contributed by atoms with Gasteiger partial charge in [0.05, 0.1) is 5.69 Å². The Morgan fingerprint density at radius 3 is 2.76 bits per heavy atom. The van der Waals surface area contributed by atoms with Gasteiger partial charge in [0.1, 0.15) is 5.69 Å². The first-order valence-corrected chi connectivity index (χ1v) is 7.27. The predicted octanol–water partition coefficient (Wildman–Crippen LogP) is 2.08. The summed E-state index contributed by atoms with van der Waals surface area (Å²) in [7, 11) is 2.01. The van der Waals surface area contributed by atoms with Gasteiger partial charge in [-0.3, -0.25) is 15.1 Å². The van der Waals surface area contributed by atoms with Crippen LogP contribution in [0.5, 0.6) is 0 Å². The molecule has 21 heavy (non-hydrogen) atoms. The van der Waals surface area contributed by atoms with E-state index in [4.69, 9.17) is 5.84 Å². The van der Waals surface area contributed by atoms with Crippen LogP contribution in [0.4, 0.5) is 0 Å². The monoisotopic (exact) mass is 348 g/mol. The van der Waals surface area contributed by atoms with Crippen molar-refractivity contribution in [1.82, 2.24) is 15.3 Å². The summed E-state index contributed by atoms with van der Waals surface area (Å²) in [6.45, 7) is 1.45. The molecule has 1 heterocycles. The minimum Gasteiger partial charge on any atom is -0.296 e. The molecule has 2 rings (SSSR count). The van der Waals surface area contributed by atoms with Gasteiger partial charge in [-0.2, -0.15) is 0 Å². The van der Waals surface area contributed by atoms with Crippen LogP contribution in [0.2, 0.25) is 0 Å². The number of aromatic nitrogens is 1. The van der Waals surface area contributed by atoms with Crippen LogP contribution in [-0.2, 0) is 13.1 Å². The van der Waals surface area contributed by atoms with Gasteiger partial charge in [0.2, 0.25) is 0 Å². The number of nitrogens with one attached hydrogen (secondary N) is 1. The number of nitrogens with two attached hydrogens (primary N) is 1. The summed E-state index contributed by atoms with van der Waals surface area (Å²) >= 11 is 3.47. The first-order chi connectivity index (χ1) is 10.1. The van der Waals surface area contributed by atoms with E-state index >= 15 is 0 Å². The smallest absolute Gasteiger partial charge is 0.283 e. The number of nitrogens with zero attached hydrogens (tertiary/aromatic N) is 2. The Morgan fingerprint density at radius 2 is 2.05 bits per heavy atom. The van der Waals surface area contributed by atoms with Gasteiger partial charge in [0.15, 0.2) is 0 Å². The molecule has 0 fully saturated rings. The lowest BCUT2D eigenvalue weighted by Gasteiger charge is -2.16. The number of benzene rings is 1. The molecule has 0 radical (unpaired) electrons. The van der Waals surface area contributed by atoms with Crippen LogP contribution in [0.3, 0.4) is 0 Å². The predicted molar refractivity (Wildman–Crippen MR) is 85.2 cm³/mol. The molecule has 0 aliphatic rings. The third kappa shape index (κ3) is 4.63. The quantitative estimate of drug-likeness (QED) is 0.493. The number of hydrazine groups is 1. The zero-order chi connectivity index (χ0) is 15.2. The first-order valence-electron chi connectivity index (χ1n) is 6.48. The number of carbonyl (C=O) groups excluding carboxylic acids is 1. The van der Waals surface area contributed by atoms with Crippen molar-refractivity contribution < 1.29 is 4.79 Å². The molecule has 0 saturated heterocycles. The second-order valence-corrected chi connectivity index (χ2v) is 5.71. The van der Waals surface area contributed by atoms with E-state index in [1.165, 1.54) is 5.56 Å². The minimum atomic E-state index is -0.383. The van der Waals surface area contributed by atoms with E-state index in [2.05, 4.69) is 43.4 Å². The minimum absolute atomic E-state index is 0.325. The lowest BCUT2D eigenvalue weighted by atomic mass is 10.2. The SMILES string of the molecule is CN(Cc1cccc(Br)c1)Cc1cccc(C(=O)NN)n1. The van der Waals surface area contributed by atoms with Crippen LogP contribution < -0.4 is 11.3 Å². The summed E-state index contributed by atoms with van der Waals surface area (Å²) in [6, 6.07) is 13.5. The molecule has 1 aromatic carbocycles. The van der Waals surface area contributed by atoms with Gasteiger partial charge in [-0.15, -0.1) is 0 Å². The molecule has 0 unspecified atom stereocenters. The highest BCUT2D eigenvalue weighted by atomic mass is 79.9. The van der Waals surface area contributed by atoms with Crippen LogP contribution in [-0.4, -0.2) is 22.8 Å². The van der Waals surface area contributed by atoms with Crippen LogP contribution >= 0.6 is 15.9 Å². The Balaban J connectivity index is 2.02. The second-order valence-electron chi connectivity index (χ2n) is 4.79. The second kappa shape index (κ2) is 7.31. The maximum Gasteiger partial charge on any atom is 0.283 e. The first kappa shape index (κ1) is 15.6. The molecule has 0 bridgehead atoms. The fourth-order valence-electron chi connectivity index (χ4n) is 2.05. The zero-order valence-corrected chi connectivity index (χ0v) is 13.3. The number of halogens is 1. The normalized spacial score (nSPS) is 10.7. The summed E-state index contributed by atoms with van der Waals surface area (Å²) in [5, 5.41) is 0. The van der Waals surface area contributed by atoms with Crippen LogP contribution in [0, 0.1) is 0 Å². The molecule has 2 aromatic rings. The summed E-state index contributed by atoms with van der Waals surface area (Å²) < 4.78 is 1.06. The molecule has 1 amide bonds. The summed E-state index contributed by atoms with van der Waals surface area (Å²) in [6.07, 6.45) is 0. The molecule has 5 nitrogen and oxygen atoms in total. The molecular weight excluding hydrogens is 332 g/mol. The molecule has 0 saturated carbocycles. The van der Waals surface area contributed by atoms with Crippen molar-refractivity contribution in [3.05, 3.63) is 63.9 Å². The van der Waals surface area contributed by atoms with Crippen LogP contribution in [0.25, 0.3) is 0 Å². The Hall–Kier alpha value is -1.76. The number of nitrogen functional groups attached to an aromatic ring is 1. The van der Waals surface area contributed by atoms with Crippen molar-refractivity contribution in [3.63, 3.8) is 0 Å². The summed E-state index contributed by atoms with van der Waals surface area (Å²) in [4.78, 5) is 17.9. The number of hydrogen-bond donors (Lipinski definition) is 2. The Kier molecular flexibility index (Phi) is 5.44. The van der Waals surface area contributed by atoms with Gasteiger partial charge in [-0.05, 0) is 36.9 Å².